The number of hydrogen-bond donors (Lipinski definition) is 1. The van der Waals surface area contributed by atoms with E-state index < -0.39 is 0 Å². The summed E-state index contributed by atoms with van der Waals surface area (Å²) in [5, 5.41) is 20.2. The lowest BCUT2D eigenvalue weighted by atomic mass is 10.2. The molecule has 0 atom stereocenters. The summed E-state index contributed by atoms with van der Waals surface area (Å²) < 4.78 is 0. The van der Waals surface area contributed by atoms with Gasteiger partial charge in [-0.05, 0) is 17.7 Å². The Morgan fingerprint density at radius 1 is 1.29 bits per heavy atom. The quantitative estimate of drug-likeness (QED) is 0.902. The van der Waals surface area contributed by atoms with Gasteiger partial charge in [0.25, 0.3) is 0 Å². The van der Waals surface area contributed by atoms with Gasteiger partial charge in [0.15, 0.2) is 5.82 Å². The maximum atomic E-state index is 8.89. The summed E-state index contributed by atoms with van der Waals surface area (Å²) >= 11 is 6.02. The number of nitrogens with zero attached hydrogens (tertiary/aromatic N) is 3. The number of aromatic nitrogens is 2. The molecular formula is C12H9ClN4. The average molecular weight is 245 g/mol. The molecule has 1 aromatic carbocycles. The summed E-state index contributed by atoms with van der Waals surface area (Å²) in [5.74, 6) is 0.468. The molecule has 2 aromatic rings. The Balaban J connectivity index is 2.13. The van der Waals surface area contributed by atoms with Crippen molar-refractivity contribution in [1.29, 1.82) is 5.26 Å². The summed E-state index contributed by atoms with van der Waals surface area (Å²) in [4.78, 5) is 0. The molecule has 0 spiro atoms. The second kappa shape index (κ2) is 5.28. The molecule has 0 unspecified atom stereocenters. The fourth-order valence-corrected chi connectivity index (χ4v) is 1.58. The molecule has 0 saturated carbocycles. The Morgan fingerprint density at radius 3 is 2.88 bits per heavy atom. The molecule has 0 aliphatic rings. The predicted molar refractivity (Wildman–Crippen MR) is 65.5 cm³/mol. The number of nitrogens with one attached hydrogen (secondary N) is 1. The van der Waals surface area contributed by atoms with E-state index in [1.54, 1.807) is 6.07 Å². The molecule has 17 heavy (non-hydrogen) atoms. The first kappa shape index (κ1) is 11.4. The number of rotatable bonds is 3. The third-order valence-electron chi connectivity index (χ3n) is 2.25. The predicted octanol–water partition coefficient (Wildman–Crippen LogP) is 2.61. The van der Waals surface area contributed by atoms with E-state index in [2.05, 4.69) is 15.5 Å². The van der Waals surface area contributed by atoms with Gasteiger partial charge in [0.05, 0.1) is 11.8 Å². The molecule has 4 nitrogen and oxygen atoms in total. The van der Waals surface area contributed by atoms with Crippen LogP contribution in [-0.2, 0) is 6.54 Å². The van der Waals surface area contributed by atoms with E-state index in [4.69, 9.17) is 16.9 Å². The molecule has 0 fully saturated rings. The van der Waals surface area contributed by atoms with Crippen LogP contribution in [0.2, 0.25) is 5.02 Å². The van der Waals surface area contributed by atoms with Crippen LogP contribution in [0.3, 0.4) is 0 Å². The molecule has 0 saturated heterocycles. The van der Waals surface area contributed by atoms with Crippen molar-refractivity contribution in [2.24, 2.45) is 0 Å². The highest BCUT2D eigenvalue weighted by Crippen LogP contribution is 2.17. The van der Waals surface area contributed by atoms with E-state index in [0.29, 0.717) is 22.9 Å². The monoisotopic (exact) mass is 244 g/mol. The molecule has 1 heterocycles. The first-order valence-electron chi connectivity index (χ1n) is 5.00. The molecule has 0 bridgehead atoms. The minimum atomic E-state index is 0.465. The lowest BCUT2D eigenvalue weighted by Crippen LogP contribution is -2.04. The van der Waals surface area contributed by atoms with Crippen LogP contribution in [0.4, 0.5) is 5.82 Å². The van der Waals surface area contributed by atoms with Crippen molar-refractivity contribution >= 4 is 17.4 Å². The van der Waals surface area contributed by atoms with Gasteiger partial charge >= 0.3 is 0 Å². The Morgan fingerprint density at radius 2 is 2.12 bits per heavy atom. The van der Waals surface area contributed by atoms with Crippen molar-refractivity contribution in [2.75, 3.05) is 5.32 Å². The highest BCUT2D eigenvalue weighted by molar-refractivity contribution is 6.31. The van der Waals surface area contributed by atoms with Gasteiger partial charge in [0, 0.05) is 11.6 Å². The van der Waals surface area contributed by atoms with Crippen LogP contribution in [0.5, 0.6) is 0 Å². The van der Waals surface area contributed by atoms with E-state index in [1.165, 1.54) is 6.20 Å². The maximum Gasteiger partial charge on any atom is 0.166 e. The number of hydrogen-bond acceptors (Lipinski definition) is 4. The summed E-state index contributed by atoms with van der Waals surface area (Å²) in [7, 11) is 0. The number of nitriles is 1. The van der Waals surface area contributed by atoms with Crippen molar-refractivity contribution in [3.63, 3.8) is 0 Å². The minimum Gasteiger partial charge on any atom is -0.363 e. The largest absolute Gasteiger partial charge is 0.363 e. The third-order valence-corrected chi connectivity index (χ3v) is 2.61. The van der Waals surface area contributed by atoms with Gasteiger partial charge in [-0.1, -0.05) is 29.8 Å². The molecule has 84 valence electrons. The molecule has 1 aromatic heterocycles. The van der Waals surface area contributed by atoms with Crippen molar-refractivity contribution in [3.8, 4) is 6.07 Å². The molecule has 2 rings (SSSR count). The molecule has 0 aliphatic carbocycles. The van der Waals surface area contributed by atoms with Crippen LogP contribution in [0.25, 0.3) is 0 Å². The third kappa shape index (κ3) is 2.71. The summed E-state index contributed by atoms with van der Waals surface area (Å²) in [6, 6.07) is 11.2. The van der Waals surface area contributed by atoms with Gasteiger partial charge in [-0.15, -0.1) is 5.10 Å². The lowest BCUT2D eigenvalue weighted by Gasteiger charge is -2.07. The highest BCUT2D eigenvalue weighted by atomic mass is 35.5. The Kier molecular flexibility index (Phi) is 3.53. The van der Waals surface area contributed by atoms with Crippen LogP contribution < -0.4 is 5.32 Å². The topological polar surface area (TPSA) is 61.6 Å². The standard InChI is InChI=1S/C12H9ClN4/c13-11-4-2-1-3-10(11)8-15-12-9(7-14)5-6-16-17-12/h1-6H,8H2,(H,15,17). The molecule has 0 radical (unpaired) electrons. The smallest absolute Gasteiger partial charge is 0.166 e. The number of halogens is 1. The van der Waals surface area contributed by atoms with Gasteiger partial charge in [-0.2, -0.15) is 10.4 Å². The van der Waals surface area contributed by atoms with E-state index in [9.17, 15) is 0 Å². The van der Waals surface area contributed by atoms with Gasteiger partial charge in [0.1, 0.15) is 6.07 Å². The Bertz CT molecular complexity index is 562. The van der Waals surface area contributed by atoms with Gasteiger partial charge < -0.3 is 5.32 Å². The van der Waals surface area contributed by atoms with E-state index >= 15 is 0 Å². The second-order valence-corrected chi connectivity index (χ2v) is 3.76. The summed E-state index contributed by atoms with van der Waals surface area (Å²) in [6.45, 7) is 0.507. The van der Waals surface area contributed by atoms with Gasteiger partial charge in [0.2, 0.25) is 0 Å². The molecule has 5 heteroatoms. The Hall–Kier alpha value is -2.12. The zero-order valence-corrected chi connectivity index (χ0v) is 9.65. The number of benzene rings is 1. The lowest BCUT2D eigenvalue weighted by molar-refractivity contribution is 0.994. The van der Waals surface area contributed by atoms with Crippen molar-refractivity contribution in [2.45, 2.75) is 6.54 Å². The molecule has 1 N–H and O–H groups in total. The fraction of sp³-hybridized carbons (Fsp3) is 0.0833. The summed E-state index contributed by atoms with van der Waals surface area (Å²) in [6.07, 6.45) is 1.49. The van der Waals surface area contributed by atoms with Crippen LogP contribution in [0, 0.1) is 11.3 Å². The zero-order chi connectivity index (χ0) is 12.1. The zero-order valence-electron chi connectivity index (χ0n) is 8.89. The maximum absolute atomic E-state index is 8.89. The molecule has 0 aliphatic heterocycles. The first-order chi connectivity index (χ1) is 8.31. The van der Waals surface area contributed by atoms with Crippen LogP contribution >= 0.6 is 11.6 Å². The number of anilines is 1. The van der Waals surface area contributed by atoms with Crippen LogP contribution in [0.15, 0.2) is 36.5 Å². The van der Waals surface area contributed by atoms with Crippen molar-refractivity contribution in [1.82, 2.24) is 10.2 Å². The van der Waals surface area contributed by atoms with Crippen LogP contribution in [-0.4, -0.2) is 10.2 Å². The van der Waals surface area contributed by atoms with E-state index in [1.807, 2.05) is 30.3 Å². The molecular weight excluding hydrogens is 236 g/mol. The van der Waals surface area contributed by atoms with Crippen molar-refractivity contribution < 1.29 is 0 Å². The fourth-order valence-electron chi connectivity index (χ4n) is 1.37. The van der Waals surface area contributed by atoms with E-state index in [-0.39, 0.29) is 0 Å². The van der Waals surface area contributed by atoms with Gasteiger partial charge in [-0.25, -0.2) is 0 Å². The highest BCUT2D eigenvalue weighted by Gasteiger charge is 2.04. The SMILES string of the molecule is N#Cc1ccnnc1NCc1ccccc1Cl. The van der Waals surface area contributed by atoms with Crippen LogP contribution in [0.1, 0.15) is 11.1 Å². The average Bonchev–Trinajstić information content (AvgIpc) is 2.38. The van der Waals surface area contributed by atoms with E-state index in [0.717, 1.165) is 5.56 Å². The normalized spacial score (nSPS) is 9.65. The van der Waals surface area contributed by atoms with Crippen molar-refractivity contribution in [3.05, 3.63) is 52.7 Å². The minimum absolute atomic E-state index is 0.465. The second-order valence-electron chi connectivity index (χ2n) is 3.35. The van der Waals surface area contributed by atoms with Gasteiger partial charge in [-0.3, -0.25) is 0 Å². The summed E-state index contributed by atoms with van der Waals surface area (Å²) in [5.41, 5.74) is 1.41. The molecule has 0 amide bonds. The Labute approximate surface area is 104 Å². The first-order valence-corrected chi connectivity index (χ1v) is 5.38.